The van der Waals surface area contributed by atoms with Gasteiger partial charge in [0.2, 0.25) is 5.95 Å². The van der Waals surface area contributed by atoms with Crippen LogP contribution in [-0.2, 0) is 0 Å². The Labute approximate surface area is 115 Å². The second-order valence-corrected chi connectivity index (χ2v) is 5.97. The number of hydrogen-bond acceptors (Lipinski definition) is 4. The summed E-state index contributed by atoms with van der Waals surface area (Å²) in [5, 5.41) is 7.04. The van der Waals surface area contributed by atoms with E-state index in [2.05, 4.69) is 26.7 Å². The molecule has 4 nitrogen and oxygen atoms in total. The highest BCUT2D eigenvalue weighted by molar-refractivity contribution is 5.43. The molecular weight excluding hydrogens is 236 g/mol. The summed E-state index contributed by atoms with van der Waals surface area (Å²) in [4.78, 5) is 9.14. The molecule has 1 heterocycles. The quantitative estimate of drug-likeness (QED) is 0.870. The Balaban J connectivity index is 1.67. The van der Waals surface area contributed by atoms with Crippen LogP contribution in [0.5, 0.6) is 0 Å². The van der Waals surface area contributed by atoms with Crippen molar-refractivity contribution >= 4 is 11.8 Å². The summed E-state index contributed by atoms with van der Waals surface area (Å²) in [6.45, 7) is 2.04. The monoisotopic (exact) mass is 260 g/mol. The van der Waals surface area contributed by atoms with Crippen LogP contribution in [0, 0.1) is 6.92 Å². The van der Waals surface area contributed by atoms with Gasteiger partial charge in [0.05, 0.1) is 0 Å². The minimum Gasteiger partial charge on any atom is -0.367 e. The highest BCUT2D eigenvalue weighted by Crippen LogP contribution is 2.24. The van der Waals surface area contributed by atoms with Gasteiger partial charge in [-0.2, -0.15) is 4.98 Å². The molecule has 0 bridgehead atoms. The Hall–Kier alpha value is -1.32. The van der Waals surface area contributed by atoms with Gasteiger partial charge in [0.1, 0.15) is 5.82 Å². The van der Waals surface area contributed by atoms with Gasteiger partial charge in [0, 0.05) is 23.8 Å². The molecule has 0 saturated heterocycles. The Morgan fingerprint density at radius 1 is 0.895 bits per heavy atom. The second kappa shape index (κ2) is 5.76. The van der Waals surface area contributed by atoms with E-state index >= 15 is 0 Å². The summed E-state index contributed by atoms with van der Waals surface area (Å²) in [7, 11) is 0. The third-order valence-corrected chi connectivity index (χ3v) is 4.25. The molecular formula is C15H24N4. The highest BCUT2D eigenvalue weighted by atomic mass is 15.2. The number of anilines is 2. The van der Waals surface area contributed by atoms with Crippen molar-refractivity contribution < 1.29 is 0 Å². The number of nitrogens with zero attached hydrogens (tertiary/aromatic N) is 2. The molecule has 1 aromatic heterocycles. The number of rotatable bonds is 4. The lowest BCUT2D eigenvalue weighted by molar-refractivity contribution is 0.735. The molecule has 4 heteroatoms. The fraction of sp³-hybridized carbons (Fsp3) is 0.733. The summed E-state index contributed by atoms with van der Waals surface area (Å²) >= 11 is 0. The lowest BCUT2D eigenvalue weighted by Crippen LogP contribution is -2.19. The standard InChI is InChI=1S/C15H24N4/c1-11-10-14(17-12-6-2-3-7-12)19-15(16-11)18-13-8-4-5-9-13/h10,12-13H,2-9H2,1H3,(H2,16,17,18,19). The molecule has 2 fully saturated rings. The van der Waals surface area contributed by atoms with Crippen LogP contribution in [0.2, 0.25) is 0 Å². The molecule has 19 heavy (non-hydrogen) atoms. The average Bonchev–Trinajstić information content (AvgIpc) is 3.01. The molecule has 0 radical (unpaired) electrons. The van der Waals surface area contributed by atoms with E-state index in [1.165, 1.54) is 51.4 Å². The summed E-state index contributed by atoms with van der Waals surface area (Å²) < 4.78 is 0. The van der Waals surface area contributed by atoms with Crippen molar-refractivity contribution in [1.29, 1.82) is 0 Å². The third kappa shape index (κ3) is 3.37. The number of aromatic nitrogens is 2. The van der Waals surface area contributed by atoms with Crippen molar-refractivity contribution in [2.75, 3.05) is 10.6 Å². The molecule has 0 atom stereocenters. The van der Waals surface area contributed by atoms with E-state index in [0.29, 0.717) is 12.1 Å². The minimum atomic E-state index is 0.570. The van der Waals surface area contributed by atoms with E-state index in [-0.39, 0.29) is 0 Å². The Bertz CT molecular complexity index is 384. The van der Waals surface area contributed by atoms with Crippen molar-refractivity contribution in [2.24, 2.45) is 0 Å². The van der Waals surface area contributed by atoms with Crippen LogP contribution in [0.25, 0.3) is 0 Å². The fourth-order valence-electron chi connectivity index (χ4n) is 3.24. The predicted molar refractivity (Wildman–Crippen MR) is 78.5 cm³/mol. The first-order chi connectivity index (χ1) is 9.29. The van der Waals surface area contributed by atoms with Gasteiger partial charge in [-0.25, -0.2) is 4.98 Å². The zero-order valence-corrected chi connectivity index (χ0v) is 11.8. The van der Waals surface area contributed by atoms with E-state index in [1.807, 2.05) is 6.92 Å². The zero-order valence-electron chi connectivity index (χ0n) is 11.8. The molecule has 0 unspecified atom stereocenters. The SMILES string of the molecule is Cc1cc(NC2CCCC2)nc(NC2CCCC2)n1. The fourth-order valence-corrected chi connectivity index (χ4v) is 3.24. The lowest BCUT2D eigenvalue weighted by Gasteiger charge is -2.16. The molecule has 0 spiro atoms. The Kier molecular flexibility index (Phi) is 3.85. The summed E-state index contributed by atoms with van der Waals surface area (Å²) in [6.07, 6.45) is 10.4. The molecule has 0 amide bonds. The normalized spacial score (nSPS) is 20.9. The summed E-state index contributed by atoms with van der Waals surface area (Å²) in [5.74, 6) is 1.78. The van der Waals surface area contributed by atoms with Crippen molar-refractivity contribution in [3.63, 3.8) is 0 Å². The zero-order chi connectivity index (χ0) is 13.1. The summed E-state index contributed by atoms with van der Waals surface area (Å²) in [6, 6.07) is 3.23. The topological polar surface area (TPSA) is 49.8 Å². The van der Waals surface area contributed by atoms with Gasteiger partial charge in [-0.05, 0) is 32.6 Å². The summed E-state index contributed by atoms with van der Waals surface area (Å²) in [5.41, 5.74) is 1.04. The van der Waals surface area contributed by atoms with E-state index in [1.54, 1.807) is 0 Å². The molecule has 0 aliphatic heterocycles. The minimum absolute atomic E-state index is 0.570. The molecule has 0 aromatic carbocycles. The Morgan fingerprint density at radius 2 is 1.47 bits per heavy atom. The maximum Gasteiger partial charge on any atom is 0.225 e. The van der Waals surface area contributed by atoms with Gasteiger partial charge in [0.25, 0.3) is 0 Å². The second-order valence-electron chi connectivity index (χ2n) is 5.97. The van der Waals surface area contributed by atoms with E-state index in [9.17, 15) is 0 Å². The predicted octanol–water partition coefficient (Wildman–Crippen LogP) is 3.49. The highest BCUT2D eigenvalue weighted by Gasteiger charge is 2.18. The molecule has 2 saturated carbocycles. The van der Waals surface area contributed by atoms with Gasteiger partial charge < -0.3 is 10.6 Å². The van der Waals surface area contributed by atoms with Crippen LogP contribution in [0.15, 0.2) is 6.07 Å². The third-order valence-electron chi connectivity index (χ3n) is 4.25. The van der Waals surface area contributed by atoms with E-state index in [4.69, 9.17) is 0 Å². The van der Waals surface area contributed by atoms with Crippen molar-refractivity contribution in [3.05, 3.63) is 11.8 Å². The van der Waals surface area contributed by atoms with Crippen LogP contribution in [-0.4, -0.2) is 22.1 Å². The first-order valence-electron chi connectivity index (χ1n) is 7.68. The largest absolute Gasteiger partial charge is 0.367 e. The van der Waals surface area contributed by atoms with Crippen LogP contribution in [0.4, 0.5) is 11.8 Å². The molecule has 3 rings (SSSR count). The van der Waals surface area contributed by atoms with Gasteiger partial charge in [-0.1, -0.05) is 25.7 Å². The molecule has 104 valence electrons. The van der Waals surface area contributed by atoms with Crippen molar-refractivity contribution in [1.82, 2.24) is 9.97 Å². The lowest BCUT2D eigenvalue weighted by atomic mass is 10.2. The van der Waals surface area contributed by atoms with Gasteiger partial charge >= 0.3 is 0 Å². The molecule has 2 aliphatic carbocycles. The number of hydrogen-bond donors (Lipinski definition) is 2. The Morgan fingerprint density at radius 3 is 2.11 bits per heavy atom. The number of aryl methyl sites for hydroxylation is 1. The van der Waals surface area contributed by atoms with Crippen LogP contribution in [0.3, 0.4) is 0 Å². The maximum absolute atomic E-state index is 4.63. The first-order valence-corrected chi connectivity index (χ1v) is 7.68. The van der Waals surface area contributed by atoms with Crippen molar-refractivity contribution in [3.8, 4) is 0 Å². The van der Waals surface area contributed by atoms with Crippen LogP contribution < -0.4 is 10.6 Å². The van der Waals surface area contributed by atoms with E-state index < -0.39 is 0 Å². The molecule has 2 aliphatic rings. The molecule has 2 N–H and O–H groups in total. The van der Waals surface area contributed by atoms with E-state index in [0.717, 1.165) is 17.5 Å². The van der Waals surface area contributed by atoms with Gasteiger partial charge in [-0.15, -0.1) is 0 Å². The van der Waals surface area contributed by atoms with Gasteiger partial charge in [0.15, 0.2) is 0 Å². The first kappa shape index (κ1) is 12.7. The van der Waals surface area contributed by atoms with Crippen LogP contribution in [0.1, 0.15) is 57.1 Å². The smallest absolute Gasteiger partial charge is 0.225 e. The average molecular weight is 260 g/mol. The van der Waals surface area contributed by atoms with Gasteiger partial charge in [-0.3, -0.25) is 0 Å². The van der Waals surface area contributed by atoms with Crippen LogP contribution >= 0.6 is 0 Å². The maximum atomic E-state index is 4.63. The molecule has 1 aromatic rings. The number of nitrogens with one attached hydrogen (secondary N) is 2. The van der Waals surface area contributed by atoms with Crippen molar-refractivity contribution in [2.45, 2.75) is 70.4 Å².